The van der Waals surface area contributed by atoms with Gasteiger partial charge in [0.25, 0.3) is 11.8 Å². The minimum atomic E-state index is -1.30. The number of carbonyl (C=O) groups excluding carboxylic acids is 2. The lowest BCUT2D eigenvalue weighted by atomic mass is 9.92. The summed E-state index contributed by atoms with van der Waals surface area (Å²) >= 11 is 6.00. The summed E-state index contributed by atoms with van der Waals surface area (Å²) in [6.45, 7) is 0.263. The Hall–Kier alpha value is -3.31. The van der Waals surface area contributed by atoms with Gasteiger partial charge in [0.2, 0.25) is 5.66 Å². The summed E-state index contributed by atoms with van der Waals surface area (Å²) in [6, 6.07) is 22.0. The molecule has 0 bridgehead atoms. The van der Waals surface area contributed by atoms with Gasteiger partial charge in [0.15, 0.2) is 0 Å². The topological polar surface area (TPSA) is 61.4 Å². The third-order valence-electron chi connectivity index (χ3n) is 5.27. The van der Waals surface area contributed by atoms with Crippen molar-refractivity contribution in [1.29, 1.82) is 0 Å². The van der Waals surface area contributed by atoms with Gasteiger partial charge in [-0.3, -0.25) is 14.5 Å². The largest absolute Gasteiger partial charge is 0.350 e. The Bertz CT molecular complexity index is 1110. The normalized spacial score (nSPS) is 19.8. The van der Waals surface area contributed by atoms with Crippen LogP contribution in [0.2, 0.25) is 5.02 Å². The van der Waals surface area contributed by atoms with E-state index < -0.39 is 5.66 Å². The number of para-hydroxylation sites is 2. The van der Waals surface area contributed by atoms with Gasteiger partial charge in [-0.05, 0) is 35.9 Å². The molecule has 0 radical (unpaired) electrons. The van der Waals surface area contributed by atoms with Gasteiger partial charge >= 0.3 is 0 Å². The number of benzene rings is 3. The number of amides is 2. The third kappa shape index (κ3) is 2.33. The van der Waals surface area contributed by atoms with E-state index >= 15 is 0 Å². The highest BCUT2D eigenvalue weighted by atomic mass is 35.5. The second-order valence-electron chi connectivity index (χ2n) is 6.90. The Morgan fingerprint density at radius 1 is 0.857 bits per heavy atom. The second-order valence-corrected chi connectivity index (χ2v) is 7.33. The molecule has 0 fully saturated rings. The zero-order valence-electron chi connectivity index (χ0n) is 14.8. The number of halogens is 1. The quantitative estimate of drug-likeness (QED) is 0.690. The van der Waals surface area contributed by atoms with Crippen LogP contribution in [0.4, 0.5) is 11.4 Å². The summed E-state index contributed by atoms with van der Waals surface area (Å²) in [4.78, 5) is 28.3. The van der Waals surface area contributed by atoms with Crippen molar-refractivity contribution in [3.8, 4) is 0 Å². The maximum absolute atomic E-state index is 13.5. The van der Waals surface area contributed by atoms with Gasteiger partial charge in [0.05, 0.1) is 5.56 Å². The molecule has 1 atom stereocenters. The standard InChI is InChI=1S/C22H16ClN3O2/c23-15-11-9-14(10-12-15)13-26-20(27)16-5-1-3-7-18(16)25-22(26)17-6-2-4-8-19(17)24-21(22)28/h1-12,25H,13H2,(H,24,28). The van der Waals surface area contributed by atoms with Crippen LogP contribution in [0, 0.1) is 0 Å². The highest BCUT2D eigenvalue weighted by Crippen LogP contribution is 2.45. The van der Waals surface area contributed by atoms with Crippen molar-refractivity contribution in [2.75, 3.05) is 10.6 Å². The number of hydrogen-bond acceptors (Lipinski definition) is 3. The van der Waals surface area contributed by atoms with E-state index in [1.165, 1.54) is 0 Å². The van der Waals surface area contributed by atoms with Gasteiger partial charge in [-0.15, -0.1) is 0 Å². The van der Waals surface area contributed by atoms with Crippen molar-refractivity contribution in [1.82, 2.24) is 4.90 Å². The third-order valence-corrected chi connectivity index (χ3v) is 5.52. The molecule has 2 aliphatic rings. The lowest BCUT2D eigenvalue weighted by Crippen LogP contribution is -2.60. The van der Waals surface area contributed by atoms with Crippen molar-refractivity contribution >= 4 is 34.8 Å². The minimum absolute atomic E-state index is 0.198. The molecule has 0 aliphatic carbocycles. The van der Waals surface area contributed by atoms with Crippen LogP contribution in [-0.2, 0) is 17.0 Å². The van der Waals surface area contributed by atoms with Crippen molar-refractivity contribution in [3.05, 3.63) is 94.5 Å². The number of fused-ring (bicyclic) bond motifs is 3. The average Bonchev–Trinajstić information content (AvgIpc) is 2.99. The van der Waals surface area contributed by atoms with Crippen molar-refractivity contribution in [3.63, 3.8) is 0 Å². The van der Waals surface area contributed by atoms with Crippen molar-refractivity contribution in [2.45, 2.75) is 12.2 Å². The number of anilines is 2. The second kappa shape index (κ2) is 6.11. The molecule has 138 valence electrons. The molecule has 1 spiro atoms. The van der Waals surface area contributed by atoms with E-state index in [1.54, 1.807) is 23.1 Å². The minimum Gasteiger partial charge on any atom is -0.350 e. The zero-order chi connectivity index (χ0) is 19.3. The SMILES string of the molecule is O=C1c2ccccc2NC2(C(=O)Nc3ccccc32)N1Cc1ccc(Cl)cc1. The van der Waals surface area contributed by atoms with Crippen LogP contribution in [0.15, 0.2) is 72.8 Å². The van der Waals surface area contributed by atoms with E-state index in [1.807, 2.05) is 54.6 Å². The Morgan fingerprint density at radius 2 is 1.54 bits per heavy atom. The fourth-order valence-corrected chi connectivity index (χ4v) is 4.06. The van der Waals surface area contributed by atoms with Crippen molar-refractivity contribution < 1.29 is 9.59 Å². The molecule has 6 heteroatoms. The first-order valence-corrected chi connectivity index (χ1v) is 9.32. The molecular formula is C22H16ClN3O2. The first-order chi connectivity index (χ1) is 13.6. The Morgan fingerprint density at radius 3 is 2.32 bits per heavy atom. The molecule has 1 unspecified atom stereocenters. The fourth-order valence-electron chi connectivity index (χ4n) is 3.94. The molecule has 2 amide bonds. The predicted octanol–water partition coefficient (Wildman–Crippen LogP) is 4.21. The lowest BCUT2D eigenvalue weighted by molar-refractivity contribution is -0.125. The van der Waals surface area contributed by atoms with E-state index in [0.717, 1.165) is 11.1 Å². The smallest absolute Gasteiger partial charge is 0.276 e. The Labute approximate surface area is 166 Å². The molecule has 5 rings (SSSR count). The molecule has 0 saturated heterocycles. The zero-order valence-corrected chi connectivity index (χ0v) is 15.5. The maximum Gasteiger partial charge on any atom is 0.276 e. The molecule has 2 heterocycles. The van der Waals surface area contributed by atoms with E-state index in [4.69, 9.17) is 11.6 Å². The summed E-state index contributed by atoms with van der Waals surface area (Å²) in [5.74, 6) is -0.471. The molecule has 3 aromatic carbocycles. The highest BCUT2D eigenvalue weighted by molar-refractivity contribution is 6.30. The van der Waals surface area contributed by atoms with Crippen LogP contribution in [0.3, 0.4) is 0 Å². The predicted molar refractivity (Wildman–Crippen MR) is 108 cm³/mol. The van der Waals surface area contributed by atoms with Crippen molar-refractivity contribution in [2.24, 2.45) is 0 Å². The number of hydrogen-bond donors (Lipinski definition) is 2. The van der Waals surface area contributed by atoms with Crippen LogP contribution in [-0.4, -0.2) is 16.7 Å². The van der Waals surface area contributed by atoms with Crippen LogP contribution >= 0.6 is 11.6 Å². The molecule has 3 aromatic rings. The summed E-state index contributed by atoms with van der Waals surface area (Å²) in [5.41, 5.74) is 2.20. The van der Waals surface area contributed by atoms with E-state index in [0.29, 0.717) is 22.0 Å². The fraction of sp³-hybridized carbons (Fsp3) is 0.0909. The van der Waals surface area contributed by atoms with Gasteiger partial charge in [-0.25, -0.2) is 0 Å². The van der Waals surface area contributed by atoms with Gasteiger partial charge in [-0.2, -0.15) is 0 Å². The lowest BCUT2D eigenvalue weighted by Gasteiger charge is -2.44. The molecule has 2 aliphatic heterocycles. The van der Waals surface area contributed by atoms with Crippen LogP contribution in [0.5, 0.6) is 0 Å². The molecule has 5 nitrogen and oxygen atoms in total. The van der Waals surface area contributed by atoms with E-state index in [-0.39, 0.29) is 18.4 Å². The van der Waals surface area contributed by atoms with E-state index in [2.05, 4.69) is 10.6 Å². The van der Waals surface area contributed by atoms with Gasteiger partial charge in [0.1, 0.15) is 0 Å². The number of carbonyl (C=O) groups is 2. The Balaban J connectivity index is 1.70. The molecule has 0 aromatic heterocycles. The number of nitrogens with one attached hydrogen (secondary N) is 2. The summed E-state index contributed by atoms with van der Waals surface area (Å²) in [6.07, 6.45) is 0. The summed E-state index contributed by atoms with van der Waals surface area (Å²) < 4.78 is 0. The Kier molecular flexibility index (Phi) is 3.67. The molecule has 2 N–H and O–H groups in total. The van der Waals surface area contributed by atoms with E-state index in [9.17, 15) is 9.59 Å². The van der Waals surface area contributed by atoms with Crippen LogP contribution < -0.4 is 10.6 Å². The number of rotatable bonds is 2. The monoisotopic (exact) mass is 389 g/mol. The summed E-state index contributed by atoms with van der Waals surface area (Å²) in [7, 11) is 0. The average molecular weight is 390 g/mol. The molecule has 0 saturated carbocycles. The van der Waals surface area contributed by atoms with Gasteiger partial charge in [0, 0.05) is 28.5 Å². The highest BCUT2D eigenvalue weighted by Gasteiger charge is 2.56. The summed E-state index contributed by atoms with van der Waals surface area (Å²) in [5, 5.41) is 6.90. The molecular weight excluding hydrogens is 374 g/mol. The van der Waals surface area contributed by atoms with Crippen LogP contribution in [0.25, 0.3) is 0 Å². The maximum atomic E-state index is 13.5. The van der Waals surface area contributed by atoms with Gasteiger partial charge < -0.3 is 10.6 Å². The first-order valence-electron chi connectivity index (χ1n) is 8.94. The molecule has 28 heavy (non-hydrogen) atoms. The first kappa shape index (κ1) is 16.8. The van der Waals surface area contributed by atoms with Crippen LogP contribution in [0.1, 0.15) is 21.5 Å². The number of nitrogens with zero attached hydrogens (tertiary/aromatic N) is 1. The van der Waals surface area contributed by atoms with Gasteiger partial charge in [-0.1, -0.05) is 54.1 Å².